The Kier molecular flexibility index (Phi) is 3.76. The zero-order valence-corrected chi connectivity index (χ0v) is 11.5. The number of ketones is 1. The van der Waals surface area contributed by atoms with E-state index in [1.807, 2.05) is 6.92 Å². The van der Waals surface area contributed by atoms with Gasteiger partial charge in [0.05, 0.1) is 12.1 Å². The van der Waals surface area contributed by atoms with Crippen LogP contribution in [0.4, 0.5) is 5.69 Å². The van der Waals surface area contributed by atoms with Crippen LogP contribution >= 0.6 is 11.6 Å². The largest absolute Gasteiger partial charge is 0.496 e. The summed E-state index contributed by atoms with van der Waals surface area (Å²) < 4.78 is 5.17. The second kappa shape index (κ2) is 5.33. The van der Waals surface area contributed by atoms with Gasteiger partial charge in [-0.05, 0) is 30.7 Å². The Labute approximate surface area is 117 Å². The van der Waals surface area contributed by atoms with E-state index < -0.39 is 0 Å². The van der Waals surface area contributed by atoms with Crippen LogP contribution in [0.1, 0.15) is 21.5 Å². The van der Waals surface area contributed by atoms with Crippen LogP contribution in [0.5, 0.6) is 5.75 Å². The molecular formula is C15H14ClNO2. The van der Waals surface area contributed by atoms with Crippen LogP contribution < -0.4 is 10.5 Å². The topological polar surface area (TPSA) is 52.3 Å². The summed E-state index contributed by atoms with van der Waals surface area (Å²) in [6.07, 6.45) is 0. The minimum atomic E-state index is -0.186. The lowest BCUT2D eigenvalue weighted by molar-refractivity contribution is 0.103. The van der Waals surface area contributed by atoms with Gasteiger partial charge in [-0.25, -0.2) is 0 Å². The first kappa shape index (κ1) is 13.4. The summed E-state index contributed by atoms with van der Waals surface area (Å²) in [4.78, 5) is 12.4. The average Bonchev–Trinajstić information content (AvgIpc) is 2.40. The molecule has 0 aliphatic carbocycles. The number of halogens is 1. The monoisotopic (exact) mass is 275 g/mol. The number of carbonyl (C=O) groups excluding carboxylic acids is 1. The normalized spacial score (nSPS) is 10.3. The summed E-state index contributed by atoms with van der Waals surface area (Å²) in [5.74, 6) is 0.474. The van der Waals surface area contributed by atoms with Crippen molar-refractivity contribution in [1.29, 1.82) is 0 Å². The molecule has 2 rings (SSSR count). The molecule has 2 N–H and O–H groups in total. The second-order valence-corrected chi connectivity index (χ2v) is 4.63. The molecule has 0 saturated heterocycles. The molecule has 2 aromatic rings. The molecule has 0 saturated carbocycles. The van der Waals surface area contributed by atoms with E-state index in [9.17, 15) is 4.79 Å². The lowest BCUT2D eigenvalue weighted by Crippen LogP contribution is -2.07. The Hall–Kier alpha value is -2.00. The highest BCUT2D eigenvalue weighted by Gasteiger charge is 2.16. The van der Waals surface area contributed by atoms with Crippen LogP contribution in [0.25, 0.3) is 0 Å². The van der Waals surface area contributed by atoms with Crippen LogP contribution in [0, 0.1) is 6.92 Å². The van der Waals surface area contributed by atoms with Crippen molar-refractivity contribution >= 4 is 23.1 Å². The summed E-state index contributed by atoms with van der Waals surface area (Å²) >= 11 is 6.03. The number of hydrogen-bond donors (Lipinski definition) is 1. The quantitative estimate of drug-likeness (QED) is 0.689. The van der Waals surface area contributed by atoms with Crippen molar-refractivity contribution in [1.82, 2.24) is 0 Å². The summed E-state index contributed by atoms with van der Waals surface area (Å²) in [5.41, 5.74) is 8.03. The molecule has 3 nitrogen and oxygen atoms in total. The van der Waals surface area contributed by atoms with Crippen molar-refractivity contribution in [2.75, 3.05) is 12.8 Å². The lowest BCUT2D eigenvalue weighted by atomic mass is 9.99. The zero-order valence-electron chi connectivity index (χ0n) is 10.7. The minimum absolute atomic E-state index is 0.186. The standard InChI is InChI=1S/C15H14ClNO2/c1-9-7-11(13(17)8-14(9)19-2)15(18)10-5-3-4-6-12(10)16/h3-8H,17H2,1-2H3. The Morgan fingerprint density at radius 3 is 2.53 bits per heavy atom. The van der Waals surface area contributed by atoms with Gasteiger partial charge >= 0.3 is 0 Å². The first-order valence-corrected chi connectivity index (χ1v) is 6.15. The number of benzene rings is 2. The van der Waals surface area contributed by atoms with Crippen molar-refractivity contribution in [2.45, 2.75) is 6.92 Å². The number of nitrogens with two attached hydrogens (primary N) is 1. The molecule has 0 amide bonds. The first-order valence-electron chi connectivity index (χ1n) is 5.78. The molecule has 0 radical (unpaired) electrons. The van der Waals surface area contributed by atoms with Crippen molar-refractivity contribution in [2.24, 2.45) is 0 Å². The third kappa shape index (κ3) is 2.56. The van der Waals surface area contributed by atoms with Gasteiger partial charge in [-0.2, -0.15) is 0 Å². The molecule has 0 heterocycles. The molecule has 4 heteroatoms. The SMILES string of the molecule is COc1cc(N)c(C(=O)c2ccccc2Cl)cc1C. The number of anilines is 1. The lowest BCUT2D eigenvalue weighted by Gasteiger charge is -2.11. The van der Waals surface area contributed by atoms with Crippen LogP contribution in [-0.4, -0.2) is 12.9 Å². The fourth-order valence-electron chi connectivity index (χ4n) is 1.91. The van der Waals surface area contributed by atoms with Gasteiger partial charge in [-0.15, -0.1) is 0 Å². The number of aryl methyl sites for hydroxylation is 1. The van der Waals surface area contributed by atoms with Crippen LogP contribution in [-0.2, 0) is 0 Å². The van der Waals surface area contributed by atoms with Gasteiger partial charge in [-0.1, -0.05) is 23.7 Å². The summed E-state index contributed by atoms with van der Waals surface area (Å²) in [7, 11) is 1.57. The van der Waals surface area contributed by atoms with Crippen LogP contribution in [0.3, 0.4) is 0 Å². The number of hydrogen-bond acceptors (Lipinski definition) is 3. The smallest absolute Gasteiger partial charge is 0.196 e. The summed E-state index contributed by atoms with van der Waals surface area (Å²) in [6.45, 7) is 1.86. The van der Waals surface area contributed by atoms with E-state index in [2.05, 4.69) is 0 Å². The maximum atomic E-state index is 12.4. The number of rotatable bonds is 3. The highest BCUT2D eigenvalue weighted by molar-refractivity contribution is 6.35. The Balaban J connectivity index is 2.51. The number of nitrogen functional groups attached to an aromatic ring is 1. The summed E-state index contributed by atoms with van der Waals surface area (Å²) in [6, 6.07) is 10.3. The van der Waals surface area contributed by atoms with Gasteiger partial charge in [0.15, 0.2) is 5.78 Å². The number of methoxy groups -OCH3 is 1. The van der Waals surface area contributed by atoms with Gasteiger partial charge in [-0.3, -0.25) is 4.79 Å². The van der Waals surface area contributed by atoms with E-state index in [1.54, 1.807) is 43.5 Å². The number of carbonyl (C=O) groups is 1. The van der Waals surface area contributed by atoms with E-state index >= 15 is 0 Å². The molecule has 98 valence electrons. The maximum Gasteiger partial charge on any atom is 0.196 e. The molecule has 0 spiro atoms. The van der Waals surface area contributed by atoms with Crippen molar-refractivity contribution in [3.05, 3.63) is 58.1 Å². The zero-order chi connectivity index (χ0) is 14.0. The highest BCUT2D eigenvalue weighted by atomic mass is 35.5. The molecule has 0 unspecified atom stereocenters. The predicted octanol–water partition coefficient (Wildman–Crippen LogP) is 3.47. The van der Waals surface area contributed by atoms with E-state index in [0.717, 1.165) is 5.56 Å². The van der Waals surface area contributed by atoms with Gasteiger partial charge in [0.25, 0.3) is 0 Å². The molecule has 0 fully saturated rings. The third-order valence-corrected chi connectivity index (χ3v) is 3.26. The molecule has 0 aliphatic heterocycles. The molecule has 2 aromatic carbocycles. The Morgan fingerprint density at radius 1 is 1.21 bits per heavy atom. The van der Waals surface area contributed by atoms with Crippen molar-refractivity contribution in [3.63, 3.8) is 0 Å². The molecule has 19 heavy (non-hydrogen) atoms. The average molecular weight is 276 g/mol. The van der Waals surface area contributed by atoms with Crippen molar-refractivity contribution < 1.29 is 9.53 Å². The van der Waals surface area contributed by atoms with E-state index in [-0.39, 0.29) is 5.78 Å². The molecule has 0 bridgehead atoms. The van der Waals surface area contributed by atoms with Gasteiger partial charge in [0.2, 0.25) is 0 Å². The van der Waals surface area contributed by atoms with E-state index in [0.29, 0.717) is 27.6 Å². The summed E-state index contributed by atoms with van der Waals surface area (Å²) in [5, 5.41) is 0.417. The fraction of sp³-hybridized carbons (Fsp3) is 0.133. The van der Waals surface area contributed by atoms with Crippen LogP contribution in [0.15, 0.2) is 36.4 Å². The molecular weight excluding hydrogens is 262 g/mol. The second-order valence-electron chi connectivity index (χ2n) is 4.22. The predicted molar refractivity (Wildman–Crippen MR) is 77.0 cm³/mol. The van der Waals surface area contributed by atoms with Crippen LogP contribution in [0.2, 0.25) is 5.02 Å². The minimum Gasteiger partial charge on any atom is -0.496 e. The van der Waals surface area contributed by atoms with E-state index in [4.69, 9.17) is 22.1 Å². The molecule has 0 aromatic heterocycles. The third-order valence-electron chi connectivity index (χ3n) is 2.93. The molecule has 0 atom stereocenters. The van der Waals surface area contributed by atoms with Crippen molar-refractivity contribution in [3.8, 4) is 5.75 Å². The van der Waals surface area contributed by atoms with Gasteiger partial charge in [0, 0.05) is 22.9 Å². The number of ether oxygens (including phenoxy) is 1. The van der Waals surface area contributed by atoms with Gasteiger partial charge < -0.3 is 10.5 Å². The highest BCUT2D eigenvalue weighted by Crippen LogP contribution is 2.28. The fourth-order valence-corrected chi connectivity index (χ4v) is 2.13. The molecule has 0 aliphatic rings. The van der Waals surface area contributed by atoms with Gasteiger partial charge in [0.1, 0.15) is 5.75 Å². The Morgan fingerprint density at radius 2 is 1.89 bits per heavy atom. The maximum absolute atomic E-state index is 12.4. The Bertz CT molecular complexity index is 638. The first-order chi connectivity index (χ1) is 9.04. The van der Waals surface area contributed by atoms with E-state index in [1.165, 1.54) is 0 Å².